The first kappa shape index (κ1) is 15.3. The number of benzene rings is 2. The summed E-state index contributed by atoms with van der Waals surface area (Å²) < 4.78 is 0. The van der Waals surface area contributed by atoms with Gasteiger partial charge in [-0.15, -0.1) is 0 Å². The number of anilines is 1. The first-order chi connectivity index (χ1) is 10.5. The number of rotatable bonds is 4. The van der Waals surface area contributed by atoms with E-state index in [1.165, 1.54) is 19.1 Å². The van der Waals surface area contributed by atoms with Crippen LogP contribution in [-0.4, -0.2) is 16.9 Å². The van der Waals surface area contributed by atoms with Crippen molar-refractivity contribution in [2.45, 2.75) is 6.92 Å². The van der Waals surface area contributed by atoms with Crippen LogP contribution >= 0.6 is 0 Å². The van der Waals surface area contributed by atoms with Crippen molar-refractivity contribution in [2.24, 2.45) is 0 Å². The highest BCUT2D eigenvalue weighted by molar-refractivity contribution is 6.08. The van der Waals surface area contributed by atoms with Crippen molar-refractivity contribution in [1.29, 1.82) is 0 Å². The summed E-state index contributed by atoms with van der Waals surface area (Å²) in [5.74, 6) is -0.760. The Morgan fingerprint density at radius 2 is 1.77 bits per heavy atom. The third-order valence-corrected chi connectivity index (χ3v) is 2.77. The predicted octanol–water partition coefficient (Wildman–Crippen LogP) is 2.51. The monoisotopic (exact) mass is 296 g/mol. The van der Waals surface area contributed by atoms with Crippen LogP contribution in [0, 0.1) is 0 Å². The molecule has 0 aliphatic heterocycles. The van der Waals surface area contributed by atoms with Crippen molar-refractivity contribution >= 4 is 23.6 Å². The minimum absolute atomic E-state index is 0.0471. The zero-order chi connectivity index (χ0) is 15.9. The van der Waals surface area contributed by atoms with E-state index in [-0.39, 0.29) is 17.4 Å². The summed E-state index contributed by atoms with van der Waals surface area (Å²) in [6.45, 7) is 1.33. The van der Waals surface area contributed by atoms with Gasteiger partial charge in [0.15, 0.2) is 0 Å². The van der Waals surface area contributed by atoms with Crippen LogP contribution in [-0.2, 0) is 9.59 Å². The first-order valence-electron chi connectivity index (χ1n) is 6.69. The Balaban J connectivity index is 2.23. The molecule has 0 bridgehead atoms. The van der Waals surface area contributed by atoms with E-state index in [0.717, 1.165) is 5.56 Å². The highest BCUT2D eigenvalue weighted by Crippen LogP contribution is 2.16. The molecule has 0 fully saturated rings. The number of hydrogen-bond acceptors (Lipinski definition) is 3. The maximum atomic E-state index is 12.3. The number of phenolic OH excluding ortho intramolecular Hbond substituents is 1. The highest BCUT2D eigenvalue weighted by atomic mass is 16.3. The Hall–Kier alpha value is -3.08. The van der Waals surface area contributed by atoms with Crippen LogP contribution in [0.25, 0.3) is 6.08 Å². The minimum atomic E-state index is -0.468. The molecule has 0 saturated heterocycles. The molecule has 2 amide bonds. The smallest absolute Gasteiger partial charge is 0.272 e. The van der Waals surface area contributed by atoms with E-state index < -0.39 is 5.91 Å². The standard InChI is InChI=1S/C17H16N2O3/c1-12(20)18-16(10-13-6-3-2-4-7-13)17(22)19-14-8-5-9-15(21)11-14/h2-11,21H,1H3,(H,18,20)(H,19,22). The quantitative estimate of drug-likeness (QED) is 0.759. The molecule has 2 aromatic rings. The number of aromatic hydroxyl groups is 1. The predicted molar refractivity (Wildman–Crippen MR) is 85.0 cm³/mol. The van der Waals surface area contributed by atoms with E-state index in [1.54, 1.807) is 18.2 Å². The van der Waals surface area contributed by atoms with Crippen LogP contribution in [0.15, 0.2) is 60.3 Å². The molecule has 0 saturated carbocycles. The maximum absolute atomic E-state index is 12.3. The largest absolute Gasteiger partial charge is 0.508 e. The van der Waals surface area contributed by atoms with Crippen LogP contribution in [0.2, 0.25) is 0 Å². The van der Waals surface area contributed by atoms with Gasteiger partial charge in [-0.05, 0) is 23.8 Å². The van der Waals surface area contributed by atoms with Crippen molar-refractivity contribution in [3.05, 3.63) is 65.9 Å². The zero-order valence-corrected chi connectivity index (χ0v) is 12.0. The van der Waals surface area contributed by atoms with Crippen molar-refractivity contribution in [1.82, 2.24) is 5.32 Å². The second kappa shape index (κ2) is 7.08. The third kappa shape index (κ3) is 4.49. The molecule has 0 spiro atoms. The van der Waals surface area contributed by atoms with Crippen LogP contribution in [0.3, 0.4) is 0 Å². The lowest BCUT2D eigenvalue weighted by atomic mass is 10.2. The molecule has 22 heavy (non-hydrogen) atoms. The van der Waals surface area contributed by atoms with Gasteiger partial charge in [-0.2, -0.15) is 0 Å². The van der Waals surface area contributed by atoms with Crippen molar-refractivity contribution < 1.29 is 14.7 Å². The van der Waals surface area contributed by atoms with Gasteiger partial charge in [0.2, 0.25) is 5.91 Å². The molecular weight excluding hydrogens is 280 g/mol. The third-order valence-electron chi connectivity index (χ3n) is 2.77. The highest BCUT2D eigenvalue weighted by Gasteiger charge is 2.11. The fourth-order valence-electron chi connectivity index (χ4n) is 1.85. The van der Waals surface area contributed by atoms with E-state index in [4.69, 9.17) is 0 Å². The molecule has 3 N–H and O–H groups in total. The number of nitrogens with one attached hydrogen (secondary N) is 2. The van der Waals surface area contributed by atoms with Gasteiger partial charge in [-0.3, -0.25) is 9.59 Å². The molecule has 2 aromatic carbocycles. The van der Waals surface area contributed by atoms with Crippen LogP contribution in [0.4, 0.5) is 5.69 Å². The van der Waals surface area contributed by atoms with Crippen LogP contribution < -0.4 is 10.6 Å². The number of phenols is 1. The SMILES string of the molecule is CC(=O)NC(=Cc1ccccc1)C(=O)Nc1cccc(O)c1. The minimum Gasteiger partial charge on any atom is -0.508 e. The molecular formula is C17H16N2O3. The van der Waals surface area contributed by atoms with Crippen LogP contribution in [0.5, 0.6) is 5.75 Å². The second-order valence-electron chi connectivity index (χ2n) is 4.65. The topological polar surface area (TPSA) is 78.4 Å². The molecule has 0 atom stereocenters. The molecule has 0 aliphatic rings. The molecule has 0 aromatic heterocycles. The lowest BCUT2D eigenvalue weighted by Crippen LogP contribution is -2.28. The summed E-state index contributed by atoms with van der Waals surface area (Å²) in [7, 11) is 0. The van der Waals surface area contributed by atoms with Crippen LogP contribution in [0.1, 0.15) is 12.5 Å². The van der Waals surface area contributed by atoms with Gasteiger partial charge in [-0.1, -0.05) is 36.4 Å². The van der Waals surface area contributed by atoms with Crippen molar-refractivity contribution in [2.75, 3.05) is 5.32 Å². The van der Waals surface area contributed by atoms with Gasteiger partial charge in [0.05, 0.1) is 0 Å². The number of carbonyl (C=O) groups is 2. The zero-order valence-electron chi connectivity index (χ0n) is 12.0. The Morgan fingerprint density at radius 1 is 1.05 bits per heavy atom. The first-order valence-corrected chi connectivity index (χ1v) is 6.69. The van der Waals surface area contributed by atoms with Crippen molar-refractivity contribution in [3.8, 4) is 5.75 Å². The maximum Gasteiger partial charge on any atom is 0.272 e. The van der Waals surface area contributed by atoms with E-state index in [9.17, 15) is 14.7 Å². The molecule has 0 heterocycles. The summed E-state index contributed by atoms with van der Waals surface area (Å²) in [5.41, 5.74) is 1.36. The van der Waals surface area contributed by atoms with Crippen molar-refractivity contribution in [3.63, 3.8) is 0 Å². The van der Waals surface area contributed by atoms with E-state index in [0.29, 0.717) is 5.69 Å². The number of carbonyl (C=O) groups excluding carboxylic acids is 2. The average Bonchev–Trinajstić information content (AvgIpc) is 2.47. The summed E-state index contributed by atoms with van der Waals surface area (Å²) in [5, 5.41) is 14.5. The summed E-state index contributed by atoms with van der Waals surface area (Å²) in [6.07, 6.45) is 1.58. The van der Waals surface area contributed by atoms with Gasteiger partial charge in [0.1, 0.15) is 11.4 Å². The van der Waals surface area contributed by atoms with Gasteiger partial charge in [0, 0.05) is 18.7 Å². The molecule has 5 nitrogen and oxygen atoms in total. The van der Waals surface area contributed by atoms with E-state index in [1.807, 2.05) is 30.3 Å². The molecule has 0 unspecified atom stereocenters. The Morgan fingerprint density at radius 3 is 2.41 bits per heavy atom. The number of amides is 2. The summed E-state index contributed by atoms with van der Waals surface area (Å²) >= 11 is 0. The Bertz CT molecular complexity index is 709. The summed E-state index contributed by atoms with van der Waals surface area (Å²) in [6, 6.07) is 15.4. The fraction of sp³-hybridized carbons (Fsp3) is 0.0588. The lowest BCUT2D eigenvalue weighted by Gasteiger charge is -2.10. The molecule has 2 rings (SSSR count). The van der Waals surface area contributed by atoms with E-state index in [2.05, 4.69) is 10.6 Å². The molecule has 112 valence electrons. The Kier molecular flexibility index (Phi) is 4.93. The molecule has 0 radical (unpaired) electrons. The van der Waals surface area contributed by atoms with Gasteiger partial charge in [0.25, 0.3) is 5.91 Å². The Labute approximate surface area is 128 Å². The molecule has 5 heteroatoms. The summed E-state index contributed by atoms with van der Waals surface area (Å²) in [4.78, 5) is 23.6. The van der Waals surface area contributed by atoms with Gasteiger partial charge >= 0.3 is 0 Å². The van der Waals surface area contributed by atoms with E-state index >= 15 is 0 Å². The second-order valence-corrected chi connectivity index (χ2v) is 4.65. The number of hydrogen-bond donors (Lipinski definition) is 3. The average molecular weight is 296 g/mol. The lowest BCUT2D eigenvalue weighted by molar-refractivity contribution is -0.120. The normalized spacial score (nSPS) is 10.9. The van der Waals surface area contributed by atoms with Gasteiger partial charge < -0.3 is 15.7 Å². The van der Waals surface area contributed by atoms with Gasteiger partial charge in [-0.25, -0.2) is 0 Å². The fourth-order valence-corrected chi connectivity index (χ4v) is 1.85. The molecule has 0 aliphatic carbocycles.